The molecular weight excluding hydrogens is 194 g/mol. The Balaban J connectivity index is 2.54. The standard InChI is InChI=1S/C10H17N3S/c1-4-12-9-5-11-6-10(13-9)14-7-8(2)3/h5-6,8H,4,7H2,1-3H3,(H,12,13). The minimum atomic E-state index is 0.685. The van der Waals surface area contributed by atoms with Crippen molar-refractivity contribution in [2.24, 2.45) is 5.92 Å². The van der Waals surface area contributed by atoms with Gasteiger partial charge in [0.05, 0.1) is 12.4 Å². The number of nitrogens with zero attached hydrogens (tertiary/aromatic N) is 2. The average molecular weight is 211 g/mol. The Labute approximate surface area is 89.7 Å². The van der Waals surface area contributed by atoms with Crippen LogP contribution in [0, 0.1) is 5.92 Å². The summed E-state index contributed by atoms with van der Waals surface area (Å²) in [6, 6.07) is 0. The van der Waals surface area contributed by atoms with Crippen molar-refractivity contribution in [3.8, 4) is 0 Å². The molecule has 1 rings (SSSR count). The molecule has 0 saturated carbocycles. The van der Waals surface area contributed by atoms with E-state index in [0.29, 0.717) is 5.92 Å². The number of hydrogen-bond acceptors (Lipinski definition) is 4. The van der Waals surface area contributed by atoms with E-state index in [1.165, 1.54) is 0 Å². The molecule has 0 spiro atoms. The molecule has 1 aromatic heterocycles. The highest BCUT2D eigenvalue weighted by Gasteiger charge is 2.00. The summed E-state index contributed by atoms with van der Waals surface area (Å²) < 4.78 is 0. The van der Waals surface area contributed by atoms with Gasteiger partial charge in [0.2, 0.25) is 0 Å². The second kappa shape index (κ2) is 5.86. The Morgan fingerprint density at radius 1 is 1.43 bits per heavy atom. The maximum atomic E-state index is 4.42. The first kappa shape index (κ1) is 11.3. The van der Waals surface area contributed by atoms with Gasteiger partial charge in [-0.05, 0) is 12.8 Å². The van der Waals surface area contributed by atoms with Gasteiger partial charge in [0.1, 0.15) is 10.8 Å². The predicted molar refractivity (Wildman–Crippen MR) is 61.8 cm³/mol. The molecule has 0 aliphatic heterocycles. The highest BCUT2D eigenvalue weighted by molar-refractivity contribution is 7.99. The lowest BCUT2D eigenvalue weighted by Crippen LogP contribution is -2.00. The number of aromatic nitrogens is 2. The molecule has 0 fully saturated rings. The maximum Gasteiger partial charge on any atom is 0.145 e. The predicted octanol–water partition coefficient (Wildman–Crippen LogP) is 2.66. The molecule has 0 aliphatic rings. The van der Waals surface area contributed by atoms with Gasteiger partial charge in [0.15, 0.2) is 0 Å². The first-order chi connectivity index (χ1) is 6.72. The van der Waals surface area contributed by atoms with Crippen LogP contribution < -0.4 is 5.32 Å². The third-order valence-corrected chi connectivity index (χ3v) is 2.86. The summed E-state index contributed by atoms with van der Waals surface area (Å²) >= 11 is 1.75. The van der Waals surface area contributed by atoms with Crippen molar-refractivity contribution >= 4 is 17.6 Å². The van der Waals surface area contributed by atoms with E-state index >= 15 is 0 Å². The normalized spacial score (nSPS) is 10.6. The first-order valence-electron chi connectivity index (χ1n) is 4.91. The van der Waals surface area contributed by atoms with Crippen LogP contribution in [-0.4, -0.2) is 22.3 Å². The van der Waals surface area contributed by atoms with Crippen LogP contribution in [0.2, 0.25) is 0 Å². The van der Waals surface area contributed by atoms with Crippen molar-refractivity contribution in [2.45, 2.75) is 25.8 Å². The van der Waals surface area contributed by atoms with Crippen LogP contribution in [0.15, 0.2) is 17.4 Å². The molecule has 0 aromatic carbocycles. The summed E-state index contributed by atoms with van der Waals surface area (Å²) in [6.45, 7) is 7.34. The Morgan fingerprint density at radius 2 is 2.21 bits per heavy atom. The highest BCUT2D eigenvalue weighted by atomic mass is 32.2. The zero-order valence-corrected chi connectivity index (χ0v) is 9.77. The van der Waals surface area contributed by atoms with Gasteiger partial charge in [-0.3, -0.25) is 4.98 Å². The lowest BCUT2D eigenvalue weighted by Gasteiger charge is -2.05. The molecule has 0 bridgehead atoms. The van der Waals surface area contributed by atoms with E-state index in [9.17, 15) is 0 Å². The third-order valence-electron chi connectivity index (χ3n) is 1.53. The number of rotatable bonds is 5. The molecule has 1 heterocycles. The Hall–Kier alpha value is -0.770. The third kappa shape index (κ3) is 3.96. The lowest BCUT2D eigenvalue weighted by molar-refractivity contribution is 0.749. The van der Waals surface area contributed by atoms with Crippen molar-refractivity contribution in [1.29, 1.82) is 0 Å². The molecule has 0 radical (unpaired) electrons. The number of hydrogen-bond donors (Lipinski definition) is 1. The van der Waals surface area contributed by atoms with Crippen LogP contribution in [0.25, 0.3) is 0 Å². The fourth-order valence-corrected chi connectivity index (χ4v) is 1.74. The largest absolute Gasteiger partial charge is 0.369 e. The lowest BCUT2D eigenvalue weighted by atomic mass is 10.3. The number of thioether (sulfide) groups is 1. The van der Waals surface area contributed by atoms with Gasteiger partial charge in [-0.2, -0.15) is 0 Å². The maximum absolute atomic E-state index is 4.42. The van der Waals surface area contributed by atoms with Crippen LogP contribution in [-0.2, 0) is 0 Å². The van der Waals surface area contributed by atoms with Crippen LogP contribution in [0.1, 0.15) is 20.8 Å². The molecular formula is C10H17N3S. The fourth-order valence-electron chi connectivity index (χ4n) is 0.936. The Bertz CT molecular complexity index is 276. The van der Waals surface area contributed by atoms with Crippen LogP contribution >= 0.6 is 11.8 Å². The summed E-state index contributed by atoms with van der Waals surface area (Å²) in [5.41, 5.74) is 0. The fraction of sp³-hybridized carbons (Fsp3) is 0.600. The van der Waals surface area contributed by atoms with E-state index in [0.717, 1.165) is 23.1 Å². The summed E-state index contributed by atoms with van der Waals surface area (Å²) in [5, 5.41) is 4.15. The highest BCUT2D eigenvalue weighted by Crippen LogP contribution is 2.18. The molecule has 78 valence electrons. The molecule has 0 saturated heterocycles. The first-order valence-corrected chi connectivity index (χ1v) is 5.89. The van der Waals surface area contributed by atoms with Crippen LogP contribution in [0.5, 0.6) is 0 Å². The summed E-state index contributed by atoms with van der Waals surface area (Å²) in [7, 11) is 0. The van der Waals surface area contributed by atoms with Gasteiger partial charge in [0, 0.05) is 12.3 Å². The molecule has 14 heavy (non-hydrogen) atoms. The molecule has 1 N–H and O–H groups in total. The van der Waals surface area contributed by atoms with Crippen molar-refractivity contribution in [3.05, 3.63) is 12.4 Å². The number of anilines is 1. The topological polar surface area (TPSA) is 37.8 Å². The quantitative estimate of drug-likeness (QED) is 0.760. The van der Waals surface area contributed by atoms with Crippen molar-refractivity contribution < 1.29 is 0 Å². The van der Waals surface area contributed by atoms with E-state index in [-0.39, 0.29) is 0 Å². The zero-order valence-electron chi connectivity index (χ0n) is 8.95. The summed E-state index contributed by atoms with van der Waals surface area (Å²) in [6.07, 6.45) is 3.57. The van der Waals surface area contributed by atoms with Gasteiger partial charge >= 0.3 is 0 Å². The van der Waals surface area contributed by atoms with Gasteiger partial charge in [-0.15, -0.1) is 11.8 Å². The van der Waals surface area contributed by atoms with E-state index in [1.807, 2.05) is 6.20 Å². The molecule has 0 aliphatic carbocycles. The number of nitrogens with one attached hydrogen (secondary N) is 1. The minimum absolute atomic E-state index is 0.685. The smallest absolute Gasteiger partial charge is 0.145 e. The van der Waals surface area contributed by atoms with Crippen molar-refractivity contribution in [3.63, 3.8) is 0 Å². The minimum Gasteiger partial charge on any atom is -0.369 e. The molecule has 0 atom stereocenters. The molecule has 0 amide bonds. The molecule has 0 unspecified atom stereocenters. The zero-order chi connectivity index (χ0) is 10.4. The SMILES string of the molecule is CCNc1cncc(SCC(C)C)n1. The van der Waals surface area contributed by atoms with Gasteiger partial charge in [-0.25, -0.2) is 4.98 Å². The molecule has 1 aromatic rings. The summed E-state index contributed by atoms with van der Waals surface area (Å²) in [5.74, 6) is 2.63. The van der Waals surface area contributed by atoms with Crippen LogP contribution in [0.3, 0.4) is 0 Å². The van der Waals surface area contributed by atoms with Gasteiger partial charge in [0.25, 0.3) is 0 Å². The molecule has 4 heteroatoms. The van der Waals surface area contributed by atoms with Gasteiger partial charge in [-0.1, -0.05) is 13.8 Å². The second-order valence-corrected chi connectivity index (χ2v) is 4.52. The van der Waals surface area contributed by atoms with Crippen LogP contribution in [0.4, 0.5) is 5.82 Å². The molecule has 3 nitrogen and oxygen atoms in total. The van der Waals surface area contributed by atoms with E-state index in [2.05, 4.69) is 36.1 Å². The van der Waals surface area contributed by atoms with E-state index in [1.54, 1.807) is 18.0 Å². The monoisotopic (exact) mass is 211 g/mol. The van der Waals surface area contributed by atoms with Crippen molar-refractivity contribution in [1.82, 2.24) is 9.97 Å². The van der Waals surface area contributed by atoms with E-state index < -0.39 is 0 Å². The average Bonchev–Trinajstić information content (AvgIpc) is 2.16. The Morgan fingerprint density at radius 3 is 2.86 bits per heavy atom. The summed E-state index contributed by atoms with van der Waals surface area (Å²) in [4.78, 5) is 8.56. The second-order valence-electron chi connectivity index (χ2n) is 3.48. The van der Waals surface area contributed by atoms with Gasteiger partial charge < -0.3 is 5.32 Å². The Kier molecular flexibility index (Phi) is 4.73. The van der Waals surface area contributed by atoms with E-state index in [4.69, 9.17) is 0 Å². The van der Waals surface area contributed by atoms with Crippen molar-refractivity contribution in [2.75, 3.05) is 17.6 Å².